The van der Waals surface area contributed by atoms with Crippen molar-refractivity contribution in [3.05, 3.63) is 46.5 Å². The van der Waals surface area contributed by atoms with Gasteiger partial charge in [0.1, 0.15) is 0 Å². The maximum Gasteiger partial charge on any atom is 0.253 e. The number of thiazole rings is 1. The minimum Gasteiger partial charge on any atom is -0.345 e. The maximum atomic E-state index is 12.7. The summed E-state index contributed by atoms with van der Waals surface area (Å²) in [5, 5.41) is 3.30. The second kappa shape index (κ2) is 8.40. The third kappa shape index (κ3) is 4.50. The van der Waals surface area contributed by atoms with Crippen LogP contribution < -0.4 is 4.90 Å². The largest absolute Gasteiger partial charge is 0.345 e. The molecule has 3 heterocycles. The molecule has 0 unspecified atom stereocenters. The molecule has 1 amide bonds. The number of hydrogen-bond acceptors (Lipinski definition) is 5. The van der Waals surface area contributed by atoms with Crippen molar-refractivity contribution in [3.63, 3.8) is 0 Å². The summed E-state index contributed by atoms with van der Waals surface area (Å²) in [5.74, 6) is 0.142. The van der Waals surface area contributed by atoms with Gasteiger partial charge in [-0.15, -0.1) is 11.3 Å². The standard InChI is InChI=1S/C21H28N4OS/c1-17-6-5-7-18(14-17)20(26)24-10-12-25(13-11-24)21-22-19(16-27-21)15-23-8-3-2-4-9-23/h5-7,14,16H,2-4,8-13,15H2,1H3. The lowest BCUT2D eigenvalue weighted by Gasteiger charge is -2.34. The molecular weight excluding hydrogens is 356 g/mol. The third-order valence-corrected chi connectivity index (χ3v) is 6.43. The molecule has 2 aromatic rings. The molecule has 2 aliphatic rings. The van der Waals surface area contributed by atoms with Crippen molar-refractivity contribution in [1.29, 1.82) is 0 Å². The molecule has 27 heavy (non-hydrogen) atoms. The van der Waals surface area contributed by atoms with Gasteiger partial charge in [0.15, 0.2) is 5.13 Å². The summed E-state index contributed by atoms with van der Waals surface area (Å²) in [6.45, 7) is 8.63. The van der Waals surface area contributed by atoms with Crippen molar-refractivity contribution in [1.82, 2.24) is 14.8 Å². The summed E-state index contributed by atoms with van der Waals surface area (Å²) in [6, 6.07) is 7.87. The Labute approximate surface area is 165 Å². The highest BCUT2D eigenvalue weighted by Crippen LogP contribution is 2.24. The van der Waals surface area contributed by atoms with Gasteiger partial charge in [-0.1, -0.05) is 24.1 Å². The maximum absolute atomic E-state index is 12.7. The summed E-state index contributed by atoms with van der Waals surface area (Å²) < 4.78 is 0. The van der Waals surface area contributed by atoms with E-state index < -0.39 is 0 Å². The first-order valence-electron chi connectivity index (χ1n) is 9.97. The van der Waals surface area contributed by atoms with Gasteiger partial charge in [-0.25, -0.2) is 4.98 Å². The molecule has 1 aromatic heterocycles. The number of benzene rings is 1. The molecule has 0 spiro atoms. The zero-order chi connectivity index (χ0) is 18.6. The van der Waals surface area contributed by atoms with Gasteiger partial charge in [0.2, 0.25) is 0 Å². The van der Waals surface area contributed by atoms with Gasteiger partial charge in [0, 0.05) is 43.7 Å². The van der Waals surface area contributed by atoms with Crippen LogP contribution in [0.3, 0.4) is 0 Å². The molecule has 4 rings (SSSR count). The highest BCUT2D eigenvalue weighted by Gasteiger charge is 2.24. The van der Waals surface area contributed by atoms with Crippen LogP contribution in [0.2, 0.25) is 0 Å². The molecule has 2 fully saturated rings. The number of nitrogens with zero attached hydrogens (tertiary/aromatic N) is 4. The number of rotatable bonds is 4. The zero-order valence-corrected chi connectivity index (χ0v) is 16.9. The van der Waals surface area contributed by atoms with E-state index in [9.17, 15) is 4.79 Å². The summed E-state index contributed by atoms with van der Waals surface area (Å²) in [7, 11) is 0. The lowest BCUT2D eigenvalue weighted by molar-refractivity contribution is 0.0746. The SMILES string of the molecule is Cc1cccc(C(=O)N2CCN(c3nc(CN4CCCCC4)cs3)CC2)c1. The van der Waals surface area contributed by atoms with E-state index in [0.29, 0.717) is 0 Å². The lowest BCUT2D eigenvalue weighted by Crippen LogP contribution is -2.48. The van der Waals surface area contributed by atoms with Crippen molar-refractivity contribution in [2.45, 2.75) is 32.7 Å². The second-order valence-electron chi connectivity index (χ2n) is 7.61. The Morgan fingerprint density at radius 1 is 1.07 bits per heavy atom. The second-order valence-corrected chi connectivity index (χ2v) is 8.44. The summed E-state index contributed by atoms with van der Waals surface area (Å²) in [4.78, 5) is 24.4. The van der Waals surface area contributed by atoms with Crippen LogP contribution in [0.4, 0.5) is 5.13 Å². The molecule has 1 aromatic carbocycles. The molecule has 0 bridgehead atoms. The van der Waals surface area contributed by atoms with Crippen molar-refractivity contribution in [2.24, 2.45) is 0 Å². The smallest absolute Gasteiger partial charge is 0.253 e. The molecule has 0 N–H and O–H groups in total. The average Bonchev–Trinajstić information content (AvgIpc) is 3.17. The molecule has 6 heteroatoms. The van der Waals surface area contributed by atoms with Gasteiger partial charge in [-0.3, -0.25) is 9.69 Å². The van der Waals surface area contributed by atoms with Crippen LogP contribution >= 0.6 is 11.3 Å². The molecule has 0 atom stereocenters. The number of likely N-dealkylation sites (tertiary alicyclic amines) is 1. The zero-order valence-electron chi connectivity index (χ0n) is 16.1. The Bertz CT molecular complexity index is 776. The minimum atomic E-state index is 0.142. The van der Waals surface area contributed by atoms with Gasteiger partial charge in [0.25, 0.3) is 5.91 Å². The lowest BCUT2D eigenvalue weighted by atomic mass is 10.1. The predicted octanol–water partition coefficient (Wildman–Crippen LogP) is 3.40. The van der Waals surface area contributed by atoms with E-state index in [2.05, 4.69) is 15.2 Å². The fourth-order valence-electron chi connectivity index (χ4n) is 3.92. The van der Waals surface area contributed by atoms with Gasteiger partial charge < -0.3 is 9.80 Å². The van der Waals surface area contributed by atoms with Crippen LogP contribution in [0.5, 0.6) is 0 Å². The first-order valence-corrected chi connectivity index (χ1v) is 10.8. The summed E-state index contributed by atoms with van der Waals surface area (Å²) in [5.41, 5.74) is 3.11. The number of amides is 1. The average molecular weight is 385 g/mol. The fraction of sp³-hybridized carbons (Fsp3) is 0.524. The highest BCUT2D eigenvalue weighted by molar-refractivity contribution is 7.13. The van der Waals surface area contributed by atoms with E-state index in [1.54, 1.807) is 11.3 Å². The number of carbonyl (C=O) groups is 1. The number of piperazine rings is 1. The van der Waals surface area contributed by atoms with Gasteiger partial charge in [-0.05, 0) is 45.0 Å². The van der Waals surface area contributed by atoms with Crippen LogP contribution in [-0.2, 0) is 6.54 Å². The molecule has 0 radical (unpaired) electrons. The first kappa shape index (κ1) is 18.4. The van der Waals surface area contributed by atoms with Crippen LogP contribution in [-0.4, -0.2) is 60.0 Å². The van der Waals surface area contributed by atoms with Gasteiger partial charge >= 0.3 is 0 Å². The van der Waals surface area contributed by atoms with E-state index in [4.69, 9.17) is 4.98 Å². The molecule has 0 saturated carbocycles. The van der Waals surface area contributed by atoms with Crippen LogP contribution in [0.1, 0.15) is 40.9 Å². The minimum absolute atomic E-state index is 0.142. The van der Waals surface area contributed by atoms with Crippen LogP contribution in [0, 0.1) is 6.92 Å². The van der Waals surface area contributed by atoms with E-state index in [1.165, 1.54) is 38.0 Å². The monoisotopic (exact) mass is 384 g/mol. The number of aromatic nitrogens is 1. The Morgan fingerprint density at radius 3 is 2.59 bits per heavy atom. The number of hydrogen-bond donors (Lipinski definition) is 0. The van der Waals surface area contributed by atoms with Crippen molar-refractivity contribution >= 4 is 22.4 Å². The van der Waals surface area contributed by atoms with Crippen molar-refractivity contribution in [3.8, 4) is 0 Å². The third-order valence-electron chi connectivity index (χ3n) is 5.48. The van der Waals surface area contributed by atoms with Crippen LogP contribution in [0.15, 0.2) is 29.6 Å². The van der Waals surface area contributed by atoms with E-state index in [0.717, 1.165) is 49.0 Å². The quantitative estimate of drug-likeness (QED) is 0.810. The van der Waals surface area contributed by atoms with Crippen molar-refractivity contribution in [2.75, 3.05) is 44.2 Å². The van der Waals surface area contributed by atoms with E-state index >= 15 is 0 Å². The molecule has 5 nitrogen and oxygen atoms in total. The summed E-state index contributed by atoms with van der Waals surface area (Å²) >= 11 is 1.74. The summed E-state index contributed by atoms with van der Waals surface area (Å²) in [6.07, 6.45) is 3.99. The Balaban J connectivity index is 1.32. The molecule has 2 saturated heterocycles. The Morgan fingerprint density at radius 2 is 1.85 bits per heavy atom. The molecule has 2 aliphatic heterocycles. The fourth-order valence-corrected chi connectivity index (χ4v) is 4.79. The van der Waals surface area contributed by atoms with Gasteiger partial charge in [0.05, 0.1) is 5.69 Å². The number of aryl methyl sites for hydroxylation is 1. The number of anilines is 1. The first-order chi connectivity index (χ1) is 13.2. The topological polar surface area (TPSA) is 39.7 Å². The molecular formula is C21H28N4OS. The highest BCUT2D eigenvalue weighted by atomic mass is 32.1. The van der Waals surface area contributed by atoms with E-state index in [-0.39, 0.29) is 5.91 Å². The van der Waals surface area contributed by atoms with Gasteiger partial charge in [-0.2, -0.15) is 0 Å². The Kier molecular flexibility index (Phi) is 5.74. The van der Waals surface area contributed by atoms with E-state index in [1.807, 2.05) is 36.1 Å². The normalized spacial score (nSPS) is 18.7. The molecule has 0 aliphatic carbocycles. The Hall–Kier alpha value is -1.92. The predicted molar refractivity (Wildman–Crippen MR) is 111 cm³/mol. The number of piperidine rings is 1. The number of carbonyl (C=O) groups excluding carboxylic acids is 1. The van der Waals surface area contributed by atoms with Crippen LogP contribution in [0.25, 0.3) is 0 Å². The van der Waals surface area contributed by atoms with Crippen molar-refractivity contribution < 1.29 is 4.79 Å². The molecule has 144 valence electrons.